The zero-order chi connectivity index (χ0) is 37.6. The van der Waals surface area contributed by atoms with Gasteiger partial charge in [-0.25, -0.2) is 0 Å². The molecule has 1 saturated heterocycles. The second-order valence-corrected chi connectivity index (χ2v) is 13.6. The lowest BCUT2D eigenvalue weighted by atomic mass is 9.72. The molecule has 1 unspecified atom stereocenters. The number of ether oxygens (including phenoxy) is 3. The van der Waals surface area contributed by atoms with Gasteiger partial charge in [0, 0.05) is 61.1 Å². The number of aromatic hydroxyl groups is 2. The highest BCUT2D eigenvalue weighted by atomic mass is 16.7. The van der Waals surface area contributed by atoms with Gasteiger partial charge in [-0.1, -0.05) is 18.6 Å². The Morgan fingerprint density at radius 2 is 1.69 bits per heavy atom. The molecule has 276 valence electrons. The van der Waals surface area contributed by atoms with E-state index in [0.29, 0.717) is 19.3 Å². The second kappa shape index (κ2) is 14.2. The van der Waals surface area contributed by atoms with Crippen LogP contribution in [0.3, 0.4) is 0 Å². The quantitative estimate of drug-likeness (QED) is 0.108. The summed E-state index contributed by atoms with van der Waals surface area (Å²) in [6.45, 7) is 2.95. The van der Waals surface area contributed by atoms with Gasteiger partial charge in [0.25, 0.3) is 11.8 Å². The molecule has 6 rings (SSSR count). The predicted octanol–water partition coefficient (Wildman–Crippen LogP) is 1.67. The van der Waals surface area contributed by atoms with Crippen LogP contribution in [0.1, 0.15) is 101 Å². The van der Waals surface area contributed by atoms with Gasteiger partial charge in [-0.2, -0.15) is 0 Å². The zero-order valence-corrected chi connectivity index (χ0v) is 28.8. The lowest BCUT2D eigenvalue weighted by Gasteiger charge is -2.42. The number of ketones is 3. The van der Waals surface area contributed by atoms with Crippen molar-refractivity contribution < 1.29 is 63.4 Å². The second-order valence-electron chi connectivity index (χ2n) is 13.6. The normalized spacial score (nSPS) is 26.6. The third-order valence-electron chi connectivity index (χ3n) is 10.3. The third kappa shape index (κ3) is 6.49. The van der Waals surface area contributed by atoms with Gasteiger partial charge in [0.2, 0.25) is 11.7 Å². The van der Waals surface area contributed by atoms with Gasteiger partial charge >= 0.3 is 0 Å². The number of methoxy groups -OCH3 is 1. The van der Waals surface area contributed by atoms with Gasteiger partial charge in [0.15, 0.2) is 17.9 Å². The van der Waals surface area contributed by atoms with Crippen LogP contribution in [0.25, 0.3) is 0 Å². The lowest BCUT2D eigenvalue weighted by molar-refractivity contribution is -0.249. The summed E-state index contributed by atoms with van der Waals surface area (Å²) in [5.41, 5.74) is -3.47. The molecule has 15 nitrogen and oxygen atoms in total. The van der Waals surface area contributed by atoms with E-state index in [1.807, 2.05) is 0 Å². The Labute approximate surface area is 298 Å². The number of fused-ring (bicyclic) bond motifs is 3. The summed E-state index contributed by atoms with van der Waals surface area (Å²) in [6, 6.07) is 3.52. The molecule has 0 radical (unpaired) electrons. The van der Waals surface area contributed by atoms with Gasteiger partial charge in [-0.15, -0.1) is 0 Å². The number of rotatable bonds is 11. The number of nitrogens with one attached hydrogen (secondary N) is 1. The molecule has 2 aromatic carbocycles. The maximum Gasteiger partial charge on any atom is 0.253 e. The highest BCUT2D eigenvalue weighted by molar-refractivity contribution is 6.31. The number of nitrogens with zero attached hydrogens (tertiary/aromatic N) is 1. The van der Waals surface area contributed by atoms with Crippen LogP contribution in [0.2, 0.25) is 0 Å². The molecule has 0 saturated carbocycles. The molecular weight excluding hydrogens is 680 g/mol. The van der Waals surface area contributed by atoms with E-state index in [1.54, 1.807) is 6.92 Å². The third-order valence-corrected chi connectivity index (χ3v) is 10.3. The number of amides is 3. The average Bonchev–Trinajstić information content (AvgIpc) is 3.42. The molecule has 6 atom stereocenters. The first-order valence-corrected chi connectivity index (χ1v) is 17.1. The first-order chi connectivity index (χ1) is 24.7. The van der Waals surface area contributed by atoms with Crippen LogP contribution in [-0.2, 0) is 35.1 Å². The minimum absolute atomic E-state index is 0.0548. The van der Waals surface area contributed by atoms with E-state index in [9.17, 15) is 49.2 Å². The Kier molecular flexibility index (Phi) is 10.1. The van der Waals surface area contributed by atoms with Gasteiger partial charge < -0.3 is 40.0 Å². The number of aliphatic hydroxyl groups is 2. The Balaban J connectivity index is 1.22. The average molecular weight is 721 g/mol. The van der Waals surface area contributed by atoms with Crippen LogP contribution in [0, 0.1) is 0 Å². The van der Waals surface area contributed by atoms with Crippen molar-refractivity contribution >= 4 is 35.1 Å². The van der Waals surface area contributed by atoms with Gasteiger partial charge in [-0.3, -0.25) is 33.7 Å². The number of benzene rings is 2. The van der Waals surface area contributed by atoms with E-state index >= 15 is 0 Å². The largest absolute Gasteiger partial charge is 0.507 e. The molecule has 3 amide bonds. The number of aliphatic hydroxyl groups excluding tert-OH is 1. The van der Waals surface area contributed by atoms with Gasteiger partial charge in [-0.05, 0) is 32.8 Å². The molecule has 1 fully saturated rings. The summed E-state index contributed by atoms with van der Waals surface area (Å²) in [5.74, 6) is -4.60. The van der Waals surface area contributed by atoms with Crippen molar-refractivity contribution in [2.24, 2.45) is 0 Å². The number of carbonyl (C=O) groups is 6. The first-order valence-electron chi connectivity index (χ1n) is 17.1. The molecule has 2 aliphatic heterocycles. The fourth-order valence-corrected chi connectivity index (χ4v) is 7.43. The van der Waals surface area contributed by atoms with Crippen molar-refractivity contribution in [3.05, 3.63) is 63.7 Å². The van der Waals surface area contributed by atoms with Crippen LogP contribution < -0.4 is 10.1 Å². The maximum atomic E-state index is 13.9. The van der Waals surface area contributed by atoms with E-state index in [1.165, 1.54) is 37.5 Å². The molecule has 0 bridgehead atoms. The summed E-state index contributed by atoms with van der Waals surface area (Å²) < 4.78 is 17.5. The van der Waals surface area contributed by atoms with Crippen LogP contribution in [0.5, 0.6) is 17.2 Å². The summed E-state index contributed by atoms with van der Waals surface area (Å²) in [4.78, 5) is 77.8. The highest BCUT2D eigenvalue weighted by Crippen LogP contribution is 2.52. The number of hydrogen-bond donors (Lipinski definition) is 5. The van der Waals surface area contributed by atoms with Crippen LogP contribution >= 0.6 is 0 Å². The van der Waals surface area contributed by atoms with Crippen LogP contribution in [-0.4, -0.2) is 104 Å². The Bertz CT molecular complexity index is 1890. The molecule has 0 aromatic heterocycles. The van der Waals surface area contributed by atoms with Crippen LogP contribution in [0.15, 0.2) is 30.4 Å². The molecule has 4 aliphatic rings. The van der Waals surface area contributed by atoms with E-state index in [0.717, 1.165) is 11.8 Å². The Morgan fingerprint density at radius 1 is 1.00 bits per heavy atom. The fraction of sp³-hybridized carbons (Fsp3) is 0.459. The summed E-state index contributed by atoms with van der Waals surface area (Å²) in [7, 11) is 1.32. The summed E-state index contributed by atoms with van der Waals surface area (Å²) in [5, 5.41) is 48.4. The number of carbonyl (C=O) groups excluding carboxylic acids is 6. The van der Waals surface area contributed by atoms with Crippen molar-refractivity contribution in [2.75, 3.05) is 13.7 Å². The lowest BCUT2D eigenvalue weighted by Crippen LogP contribution is -2.55. The molecule has 52 heavy (non-hydrogen) atoms. The van der Waals surface area contributed by atoms with Crippen molar-refractivity contribution in [3.8, 4) is 17.2 Å². The van der Waals surface area contributed by atoms with Crippen molar-refractivity contribution in [3.63, 3.8) is 0 Å². The Morgan fingerprint density at radius 3 is 2.37 bits per heavy atom. The molecular formula is C37H40N2O13. The monoisotopic (exact) mass is 720 g/mol. The van der Waals surface area contributed by atoms with Crippen LogP contribution in [0.4, 0.5) is 0 Å². The predicted molar refractivity (Wildman–Crippen MR) is 179 cm³/mol. The minimum atomic E-state index is -2.10. The highest BCUT2D eigenvalue weighted by Gasteiger charge is 2.49. The Hall–Kier alpha value is -4.96. The minimum Gasteiger partial charge on any atom is -0.507 e. The first kappa shape index (κ1) is 36.8. The number of phenolic OH excluding ortho intramolecular Hbond substituents is 2. The fourth-order valence-electron chi connectivity index (χ4n) is 7.43. The number of hydrogen-bond acceptors (Lipinski definition) is 13. The zero-order valence-electron chi connectivity index (χ0n) is 28.8. The molecule has 2 heterocycles. The maximum absolute atomic E-state index is 13.9. The standard InChI is InChI=1S/C37H40N2O13/c1-17-32(44)21(38-24(41)10-5-4-6-13-39-25(42)11-12-26(39)43)14-27(51-17)52-23-16-37(49,18(2)40)15-20-29(23)36(48)31-30(34(20)46)33(45)19-8-7-9-22(50-3)28(19)35(31)47/h7-9,11-12,17,21,23,27,32,44,46,48-49H,4-6,10,13-16H2,1-3H3,(H,38,41)/t17?,21-,23-,27-,32+,37-/m0/s1. The van der Waals surface area contributed by atoms with E-state index in [-0.39, 0.29) is 65.1 Å². The summed E-state index contributed by atoms with van der Waals surface area (Å²) >= 11 is 0. The van der Waals surface area contributed by atoms with E-state index in [4.69, 9.17) is 14.2 Å². The molecule has 2 aliphatic carbocycles. The molecule has 2 aromatic rings. The van der Waals surface area contributed by atoms with Crippen molar-refractivity contribution in [1.82, 2.24) is 10.2 Å². The topological polar surface area (TPSA) is 226 Å². The number of unbranched alkanes of at least 4 members (excludes halogenated alkanes) is 2. The van der Waals surface area contributed by atoms with E-state index in [2.05, 4.69) is 5.32 Å². The van der Waals surface area contributed by atoms with E-state index < -0.39 is 89.1 Å². The smallest absolute Gasteiger partial charge is 0.253 e. The number of phenols is 2. The SMILES string of the molecule is COc1cccc2c1C(=O)c1c(O)c3c(c(O)c1C2=O)C[C@@](O)(C(C)=O)C[C@@H]3O[C@H]1C[C@H](NC(=O)CCCCCN2C(=O)C=CC2=O)[C@H](O)C(C)O1. The molecule has 15 heteroatoms. The van der Waals surface area contributed by atoms with Crippen molar-refractivity contribution in [2.45, 2.75) is 95.0 Å². The number of imide groups is 1. The molecule has 0 spiro atoms. The molecule has 5 N–H and O–H groups in total. The van der Waals surface area contributed by atoms with Gasteiger partial charge in [0.05, 0.1) is 42.0 Å². The van der Waals surface area contributed by atoms with Crippen molar-refractivity contribution in [1.29, 1.82) is 0 Å². The van der Waals surface area contributed by atoms with Gasteiger partial charge in [0.1, 0.15) is 29.0 Å². The number of Topliss-reactive ketones (excluding diaryl/α,β-unsaturated/α-hetero) is 1. The summed E-state index contributed by atoms with van der Waals surface area (Å²) in [6.07, 6.45) is -1.47.